The first kappa shape index (κ1) is 9.64. The molecule has 78 valence electrons. The van der Waals surface area contributed by atoms with Crippen molar-refractivity contribution in [3.8, 4) is 11.1 Å². The van der Waals surface area contributed by atoms with E-state index in [1.807, 2.05) is 0 Å². The highest BCUT2D eigenvalue weighted by atomic mass is 19.1. The van der Waals surface area contributed by atoms with Crippen molar-refractivity contribution < 1.29 is 8.78 Å². The van der Waals surface area contributed by atoms with Crippen LogP contribution in [0.15, 0.2) is 24.5 Å². The molecular weight excluding hydrogens is 200 g/mol. The lowest BCUT2D eigenvalue weighted by atomic mass is 10.1. The minimum Gasteiger partial charge on any atom is -0.399 e. The normalized spacial score (nSPS) is 10.6. The molecule has 2 aromatic rings. The first-order chi connectivity index (χ1) is 7.08. The van der Waals surface area contributed by atoms with E-state index in [-0.39, 0.29) is 11.3 Å². The topological polar surface area (TPSA) is 43.8 Å². The monoisotopic (exact) mass is 209 g/mol. The zero-order valence-corrected chi connectivity index (χ0v) is 8.04. The summed E-state index contributed by atoms with van der Waals surface area (Å²) in [4.78, 5) is 0. The van der Waals surface area contributed by atoms with Crippen LogP contribution in [0.25, 0.3) is 11.1 Å². The third-order valence-electron chi connectivity index (χ3n) is 2.06. The van der Waals surface area contributed by atoms with E-state index >= 15 is 0 Å². The summed E-state index contributed by atoms with van der Waals surface area (Å²) < 4.78 is 28.4. The Morgan fingerprint density at radius 3 is 2.33 bits per heavy atom. The Balaban J connectivity index is 2.62. The lowest BCUT2D eigenvalue weighted by Gasteiger charge is -2.03. The van der Waals surface area contributed by atoms with Crippen molar-refractivity contribution in [2.75, 3.05) is 5.73 Å². The maximum absolute atomic E-state index is 13.4. The number of anilines is 1. The van der Waals surface area contributed by atoms with Gasteiger partial charge in [0.15, 0.2) is 0 Å². The molecule has 0 amide bonds. The molecule has 0 saturated heterocycles. The second-order valence-electron chi connectivity index (χ2n) is 3.26. The largest absolute Gasteiger partial charge is 0.399 e. The molecule has 0 aliphatic heterocycles. The molecule has 0 fully saturated rings. The van der Waals surface area contributed by atoms with Crippen LogP contribution in [-0.4, -0.2) is 9.78 Å². The zero-order valence-electron chi connectivity index (χ0n) is 8.04. The molecule has 0 bridgehead atoms. The van der Waals surface area contributed by atoms with Crippen LogP contribution in [0.2, 0.25) is 0 Å². The lowest BCUT2D eigenvalue weighted by molar-refractivity contribution is 0.591. The average molecular weight is 209 g/mol. The van der Waals surface area contributed by atoms with Crippen molar-refractivity contribution in [1.82, 2.24) is 9.78 Å². The van der Waals surface area contributed by atoms with Crippen molar-refractivity contribution in [2.45, 2.75) is 0 Å². The van der Waals surface area contributed by atoms with E-state index in [9.17, 15) is 8.78 Å². The molecule has 0 atom stereocenters. The highest BCUT2D eigenvalue weighted by Crippen LogP contribution is 2.27. The number of hydrogen-bond acceptors (Lipinski definition) is 2. The standard InChI is InChI=1S/C10H9F2N3/c1-15-5-6(4-14-15)10-8(11)2-7(13)3-9(10)12/h2-5H,13H2,1H3. The maximum atomic E-state index is 13.4. The quantitative estimate of drug-likeness (QED) is 0.729. The van der Waals surface area contributed by atoms with Gasteiger partial charge in [-0.2, -0.15) is 5.10 Å². The molecule has 5 heteroatoms. The average Bonchev–Trinajstić information content (AvgIpc) is 2.49. The summed E-state index contributed by atoms with van der Waals surface area (Å²) in [6.07, 6.45) is 2.94. The Morgan fingerprint density at radius 1 is 1.27 bits per heavy atom. The van der Waals surface area contributed by atoms with Crippen LogP contribution in [0.1, 0.15) is 0 Å². The number of nitrogen functional groups attached to an aromatic ring is 1. The van der Waals surface area contributed by atoms with E-state index in [1.165, 1.54) is 17.1 Å². The van der Waals surface area contributed by atoms with Gasteiger partial charge in [-0.15, -0.1) is 0 Å². The molecule has 0 unspecified atom stereocenters. The summed E-state index contributed by atoms with van der Waals surface area (Å²) in [5.74, 6) is -1.36. The van der Waals surface area contributed by atoms with Gasteiger partial charge >= 0.3 is 0 Å². The number of aryl methyl sites for hydroxylation is 1. The van der Waals surface area contributed by atoms with Crippen LogP contribution in [0.5, 0.6) is 0 Å². The molecule has 0 aliphatic rings. The van der Waals surface area contributed by atoms with Gasteiger partial charge in [-0.1, -0.05) is 0 Å². The SMILES string of the molecule is Cn1cc(-c2c(F)cc(N)cc2F)cn1. The smallest absolute Gasteiger partial charge is 0.136 e. The van der Waals surface area contributed by atoms with E-state index in [2.05, 4.69) is 5.10 Å². The number of halogens is 2. The van der Waals surface area contributed by atoms with Gasteiger partial charge in [0.1, 0.15) is 11.6 Å². The predicted molar refractivity (Wildman–Crippen MR) is 53.0 cm³/mol. The molecule has 1 aromatic carbocycles. The van der Waals surface area contributed by atoms with E-state index in [0.717, 1.165) is 12.1 Å². The third kappa shape index (κ3) is 1.68. The molecule has 0 aliphatic carbocycles. The number of hydrogen-bond donors (Lipinski definition) is 1. The molecule has 2 N–H and O–H groups in total. The van der Waals surface area contributed by atoms with Gasteiger partial charge in [0.05, 0.1) is 11.8 Å². The maximum Gasteiger partial charge on any atom is 0.136 e. The molecular formula is C10H9F2N3. The summed E-state index contributed by atoms with van der Waals surface area (Å²) in [6, 6.07) is 2.18. The number of aromatic nitrogens is 2. The molecule has 0 spiro atoms. The van der Waals surface area contributed by atoms with Crippen LogP contribution in [-0.2, 0) is 7.05 Å². The number of rotatable bonds is 1. The first-order valence-electron chi connectivity index (χ1n) is 4.31. The fourth-order valence-corrected chi connectivity index (χ4v) is 1.42. The summed E-state index contributed by atoms with van der Waals surface area (Å²) in [5, 5.41) is 3.85. The number of nitrogens with zero attached hydrogens (tertiary/aromatic N) is 2. The fraction of sp³-hybridized carbons (Fsp3) is 0.100. The van der Waals surface area contributed by atoms with Gasteiger partial charge in [0.2, 0.25) is 0 Å². The molecule has 1 heterocycles. The number of benzene rings is 1. The van der Waals surface area contributed by atoms with Gasteiger partial charge in [0.25, 0.3) is 0 Å². The van der Waals surface area contributed by atoms with Gasteiger partial charge < -0.3 is 5.73 Å². The molecule has 0 radical (unpaired) electrons. The van der Waals surface area contributed by atoms with Crippen molar-refractivity contribution in [3.63, 3.8) is 0 Å². The Bertz CT molecular complexity index is 482. The lowest BCUT2D eigenvalue weighted by Crippen LogP contribution is -1.93. The van der Waals surface area contributed by atoms with Gasteiger partial charge in [-0.3, -0.25) is 4.68 Å². The van der Waals surface area contributed by atoms with E-state index in [4.69, 9.17) is 5.73 Å². The van der Waals surface area contributed by atoms with Gasteiger partial charge in [-0.05, 0) is 12.1 Å². The van der Waals surface area contributed by atoms with Crippen molar-refractivity contribution in [1.29, 1.82) is 0 Å². The van der Waals surface area contributed by atoms with Crippen LogP contribution < -0.4 is 5.73 Å². The Labute approximate surface area is 85.1 Å². The Hall–Kier alpha value is -1.91. The molecule has 15 heavy (non-hydrogen) atoms. The third-order valence-corrected chi connectivity index (χ3v) is 2.06. The Morgan fingerprint density at radius 2 is 1.87 bits per heavy atom. The van der Waals surface area contributed by atoms with Crippen LogP contribution in [0.4, 0.5) is 14.5 Å². The Kier molecular flexibility index (Phi) is 2.15. The van der Waals surface area contributed by atoms with Crippen molar-refractivity contribution in [2.24, 2.45) is 7.05 Å². The predicted octanol–water partition coefficient (Wildman–Crippen LogP) is 1.95. The minimum atomic E-state index is -0.680. The number of nitrogens with two attached hydrogens (primary N) is 1. The van der Waals surface area contributed by atoms with Gasteiger partial charge in [0, 0.05) is 24.5 Å². The molecule has 0 saturated carbocycles. The van der Waals surface area contributed by atoms with Gasteiger partial charge in [-0.25, -0.2) is 8.78 Å². The summed E-state index contributed by atoms with van der Waals surface area (Å²) in [6.45, 7) is 0. The fourth-order valence-electron chi connectivity index (χ4n) is 1.42. The summed E-state index contributed by atoms with van der Waals surface area (Å²) >= 11 is 0. The van der Waals surface area contributed by atoms with E-state index in [0.29, 0.717) is 5.56 Å². The molecule has 2 rings (SSSR count). The van der Waals surface area contributed by atoms with Crippen LogP contribution in [0, 0.1) is 11.6 Å². The minimum absolute atomic E-state index is 0.0673. The van der Waals surface area contributed by atoms with E-state index in [1.54, 1.807) is 7.05 Å². The molecule has 1 aromatic heterocycles. The molecule has 3 nitrogen and oxygen atoms in total. The highest BCUT2D eigenvalue weighted by Gasteiger charge is 2.13. The summed E-state index contributed by atoms with van der Waals surface area (Å²) in [5.41, 5.74) is 5.67. The van der Waals surface area contributed by atoms with Crippen LogP contribution >= 0.6 is 0 Å². The zero-order chi connectivity index (χ0) is 11.0. The van der Waals surface area contributed by atoms with Crippen molar-refractivity contribution >= 4 is 5.69 Å². The summed E-state index contributed by atoms with van der Waals surface area (Å²) in [7, 11) is 1.68. The van der Waals surface area contributed by atoms with Crippen molar-refractivity contribution in [3.05, 3.63) is 36.2 Å². The second kappa shape index (κ2) is 3.34. The second-order valence-corrected chi connectivity index (χ2v) is 3.26. The van der Waals surface area contributed by atoms with E-state index < -0.39 is 11.6 Å². The first-order valence-corrected chi connectivity index (χ1v) is 4.31. The van der Waals surface area contributed by atoms with Crippen LogP contribution in [0.3, 0.4) is 0 Å². The highest BCUT2D eigenvalue weighted by molar-refractivity contribution is 5.65.